The average molecular weight is 468 g/mol. The second-order valence-electron chi connectivity index (χ2n) is 7.35. The van der Waals surface area contributed by atoms with Crippen LogP contribution in [0.4, 0.5) is 13.2 Å². The Hall–Kier alpha value is -2.72. The number of para-hydroxylation sites is 1. The summed E-state index contributed by atoms with van der Waals surface area (Å²) in [7, 11) is -4.31. The number of alkyl halides is 3. The summed E-state index contributed by atoms with van der Waals surface area (Å²) in [4.78, 5) is 17.1. The lowest BCUT2D eigenvalue weighted by Crippen LogP contribution is -2.38. The van der Waals surface area contributed by atoms with Crippen LogP contribution < -0.4 is 5.56 Å². The van der Waals surface area contributed by atoms with E-state index in [1.165, 1.54) is 4.57 Å². The van der Waals surface area contributed by atoms with Crippen LogP contribution >= 0.6 is 0 Å². The summed E-state index contributed by atoms with van der Waals surface area (Å²) in [5.74, 6) is 0.236. The van der Waals surface area contributed by atoms with E-state index in [1.807, 2.05) is 0 Å². The van der Waals surface area contributed by atoms with E-state index in [2.05, 4.69) is 4.98 Å². The fourth-order valence-electron chi connectivity index (χ4n) is 3.65. The molecule has 0 radical (unpaired) electrons. The molecule has 0 N–H and O–H groups in total. The molecular weight excluding hydrogens is 443 g/mol. The van der Waals surface area contributed by atoms with Crippen LogP contribution in [0.3, 0.4) is 0 Å². The average Bonchev–Trinajstić information content (AvgIpc) is 2.76. The minimum Gasteiger partial charge on any atom is -0.295 e. The molecule has 1 heterocycles. The van der Waals surface area contributed by atoms with Gasteiger partial charge in [-0.2, -0.15) is 17.5 Å². The van der Waals surface area contributed by atoms with Crippen molar-refractivity contribution in [1.29, 1.82) is 0 Å². The molecule has 172 valence electrons. The largest absolute Gasteiger partial charge is 0.416 e. The fraction of sp³-hybridized carbons (Fsp3) is 0.364. The Morgan fingerprint density at radius 1 is 1.09 bits per heavy atom. The molecule has 3 aromatic rings. The van der Waals surface area contributed by atoms with E-state index >= 15 is 0 Å². The van der Waals surface area contributed by atoms with E-state index in [0.29, 0.717) is 23.4 Å². The van der Waals surface area contributed by atoms with Gasteiger partial charge in [0.1, 0.15) is 5.82 Å². The molecule has 0 saturated heterocycles. The first-order chi connectivity index (χ1) is 15.0. The van der Waals surface area contributed by atoms with Crippen molar-refractivity contribution in [2.45, 2.75) is 50.9 Å². The second-order valence-corrected chi connectivity index (χ2v) is 9.24. The Labute approximate surface area is 184 Å². The first-order valence-corrected chi connectivity index (χ1v) is 11.6. The van der Waals surface area contributed by atoms with E-state index in [9.17, 15) is 26.4 Å². The summed E-state index contributed by atoms with van der Waals surface area (Å²) in [5, 5.41) is 0.410. The summed E-state index contributed by atoms with van der Waals surface area (Å²) < 4.78 is 68.8. The maximum absolute atomic E-state index is 13.4. The van der Waals surface area contributed by atoms with Gasteiger partial charge < -0.3 is 0 Å². The number of aromatic nitrogens is 2. The van der Waals surface area contributed by atoms with Gasteiger partial charge in [-0.1, -0.05) is 25.1 Å². The number of halogens is 3. The van der Waals surface area contributed by atoms with Crippen LogP contribution in [0.25, 0.3) is 10.9 Å². The maximum Gasteiger partial charge on any atom is 0.416 e. The number of benzene rings is 2. The number of hydrogen-bond donors (Lipinski definition) is 0. The Balaban J connectivity index is 2.16. The molecule has 6 nitrogen and oxygen atoms in total. The van der Waals surface area contributed by atoms with Crippen LogP contribution in [-0.2, 0) is 22.7 Å². The molecule has 0 saturated carbocycles. The lowest BCUT2D eigenvalue weighted by Gasteiger charge is -2.29. The molecule has 0 fully saturated rings. The Kier molecular flexibility index (Phi) is 6.75. The van der Waals surface area contributed by atoms with Crippen LogP contribution in [0.1, 0.15) is 44.6 Å². The van der Waals surface area contributed by atoms with Crippen LogP contribution in [0.2, 0.25) is 0 Å². The molecule has 1 aromatic heterocycles. The van der Waals surface area contributed by atoms with Crippen molar-refractivity contribution in [3.05, 3.63) is 70.3 Å². The molecule has 32 heavy (non-hydrogen) atoms. The smallest absolute Gasteiger partial charge is 0.295 e. The molecule has 3 rings (SSSR count). The van der Waals surface area contributed by atoms with Crippen molar-refractivity contribution in [1.82, 2.24) is 13.9 Å². The summed E-state index contributed by atoms with van der Waals surface area (Å²) in [6, 6.07) is 9.54. The van der Waals surface area contributed by atoms with E-state index < -0.39 is 32.7 Å². The standard InChI is InChI=1S/C22H24F3N3O3S/c1-4-13-28(32(30,31)17-10-8-9-16(14-17)22(23,24)25)15(3)20-26-19-12-7-6-11-18(19)21(29)27(20)5-2/h6-12,14-15H,4-5,13H2,1-3H3. The van der Waals surface area contributed by atoms with Gasteiger partial charge in [0.25, 0.3) is 5.56 Å². The summed E-state index contributed by atoms with van der Waals surface area (Å²) in [5.41, 5.74) is -0.915. The fourth-order valence-corrected chi connectivity index (χ4v) is 5.38. The molecule has 0 spiro atoms. The van der Waals surface area contributed by atoms with Gasteiger partial charge in [0.05, 0.1) is 27.4 Å². The predicted molar refractivity (Wildman–Crippen MR) is 116 cm³/mol. The molecular formula is C22H24F3N3O3S. The molecule has 0 amide bonds. The Morgan fingerprint density at radius 3 is 2.41 bits per heavy atom. The molecule has 1 atom stereocenters. The first-order valence-electron chi connectivity index (χ1n) is 10.2. The third kappa shape index (κ3) is 4.42. The zero-order valence-corrected chi connectivity index (χ0v) is 18.7. The highest BCUT2D eigenvalue weighted by Gasteiger charge is 2.35. The number of rotatable bonds is 7. The quantitative estimate of drug-likeness (QED) is 0.509. The minimum atomic E-state index is -4.67. The monoisotopic (exact) mass is 467 g/mol. The van der Waals surface area contributed by atoms with E-state index in [1.54, 1.807) is 45.0 Å². The first kappa shape index (κ1) is 23.9. The van der Waals surface area contributed by atoms with E-state index in [4.69, 9.17) is 0 Å². The van der Waals surface area contributed by atoms with Gasteiger partial charge in [-0.15, -0.1) is 0 Å². The van der Waals surface area contributed by atoms with Crippen LogP contribution in [0.5, 0.6) is 0 Å². The highest BCUT2D eigenvalue weighted by atomic mass is 32.2. The number of fused-ring (bicyclic) bond motifs is 1. The topological polar surface area (TPSA) is 72.3 Å². The van der Waals surface area contributed by atoms with Gasteiger partial charge in [0, 0.05) is 13.1 Å². The molecule has 2 aromatic carbocycles. The highest BCUT2D eigenvalue weighted by Crippen LogP contribution is 2.33. The van der Waals surface area contributed by atoms with Crippen molar-refractivity contribution >= 4 is 20.9 Å². The SMILES string of the molecule is CCCN(C(C)c1nc2ccccc2c(=O)n1CC)S(=O)(=O)c1cccc(C(F)(F)F)c1. The van der Waals surface area contributed by atoms with Gasteiger partial charge in [0.15, 0.2) is 0 Å². The van der Waals surface area contributed by atoms with Crippen LogP contribution in [0, 0.1) is 0 Å². The van der Waals surface area contributed by atoms with Gasteiger partial charge in [-0.3, -0.25) is 9.36 Å². The third-order valence-corrected chi connectivity index (χ3v) is 7.19. The van der Waals surface area contributed by atoms with Gasteiger partial charge in [-0.25, -0.2) is 13.4 Å². The number of hydrogen-bond acceptors (Lipinski definition) is 4. The van der Waals surface area contributed by atoms with Gasteiger partial charge in [0.2, 0.25) is 10.0 Å². The maximum atomic E-state index is 13.4. The summed E-state index contributed by atoms with van der Waals surface area (Å²) in [6.45, 7) is 5.41. The van der Waals surface area contributed by atoms with E-state index in [0.717, 1.165) is 22.5 Å². The summed E-state index contributed by atoms with van der Waals surface area (Å²) >= 11 is 0. The molecule has 0 aliphatic rings. The molecule has 10 heteroatoms. The normalized spacial score (nSPS) is 13.6. The van der Waals surface area contributed by atoms with Crippen LogP contribution in [-0.4, -0.2) is 28.8 Å². The third-order valence-electron chi connectivity index (χ3n) is 5.22. The van der Waals surface area contributed by atoms with Crippen molar-refractivity contribution in [2.24, 2.45) is 0 Å². The molecule has 1 unspecified atom stereocenters. The van der Waals surface area contributed by atoms with Crippen LogP contribution in [0.15, 0.2) is 58.2 Å². The zero-order chi connectivity index (χ0) is 23.7. The predicted octanol–water partition coefficient (Wildman–Crippen LogP) is 4.60. The van der Waals surface area contributed by atoms with Crippen molar-refractivity contribution in [3.8, 4) is 0 Å². The lowest BCUT2D eigenvalue weighted by molar-refractivity contribution is -0.137. The zero-order valence-electron chi connectivity index (χ0n) is 17.9. The number of nitrogens with zero attached hydrogens (tertiary/aromatic N) is 3. The van der Waals surface area contributed by atoms with Crippen molar-refractivity contribution in [2.75, 3.05) is 6.54 Å². The van der Waals surface area contributed by atoms with Crippen molar-refractivity contribution < 1.29 is 21.6 Å². The van der Waals surface area contributed by atoms with E-state index in [-0.39, 0.29) is 24.5 Å². The van der Waals surface area contributed by atoms with Gasteiger partial charge in [-0.05, 0) is 50.6 Å². The Morgan fingerprint density at radius 2 is 1.78 bits per heavy atom. The Bertz CT molecular complexity index is 1290. The number of sulfonamides is 1. The highest BCUT2D eigenvalue weighted by molar-refractivity contribution is 7.89. The molecule has 0 bridgehead atoms. The summed E-state index contributed by atoms with van der Waals surface area (Å²) in [6.07, 6.45) is -4.25. The molecule has 0 aliphatic carbocycles. The molecule has 0 aliphatic heterocycles. The minimum absolute atomic E-state index is 0.0478. The lowest BCUT2D eigenvalue weighted by atomic mass is 10.2. The second kappa shape index (κ2) is 9.03. The van der Waals surface area contributed by atoms with Gasteiger partial charge >= 0.3 is 6.18 Å². The van der Waals surface area contributed by atoms with Crippen molar-refractivity contribution in [3.63, 3.8) is 0 Å².